The highest BCUT2D eigenvalue weighted by atomic mass is 32.1. The first-order valence-electron chi connectivity index (χ1n) is 12.4. The average Bonchev–Trinajstić information content (AvgIpc) is 3.64. The van der Waals surface area contributed by atoms with Gasteiger partial charge in [0, 0.05) is 36.4 Å². The predicted molar refractivity (Wildman–Crippen MR) is 144 cm³/mol. The Kier molecular flexibility index (Phi) is 7.43. The van der Waals surface area contributed by atoms with Crippen LogP contribution in [0.4, 0.5) is 23.0 Å². The zero-order valence-corrected chi connectivity index (χ0v) is 21.8. The van der Waals surface area contributed by atoms with Gasteiger partial charge in [0.1, 0.15) is 18.0 Å². The van der Waals surface area contributed by atoms with Crippen molar-refractivity contribution in [3.05, 3.63) is 53.3 Å². The minimum absolute atomic E-state index is 0.622. The molecule has 0 spiro atoms. The van der Waals surface area contributed by atoms with Gasteiger partial charge in [-0.1, -0.05) is 19.4 Å². The summed E-state index contributed by atoms with van der Waals surface area (Å²) in [5.74, 6) is 2.90. The second-order valence-electron chi connectivity index (χ2n) is 9.02. The standard InChI is InChI=1S/C26H32N8OS/c1-4-8-18-15-27-23(30-24-13-19(36-32-24)16-34-11-5-6-12-34)14-22(18)29-21-10-7-9-20(25(21)35-3)26-28-17-33(2)31-26/h7,9-10,13-15,17H,4-6,8,11-12,16H2,1-3H3,(H2,27,29,30,32). The molecule has 3 aromatic heterocycles. The highest BCUT2D eigenvalue weighted by Crippen LogP contribution is 2.37. The summed E-state index contributed by atoms with van der Waals surface area (Å²) in [5.41, 5.74) is 3.80. The van der Waals surface area contributed by atoms with Crippen LogP contribution in [0.3, 0.4) is 0 Å². The van der Waals surface area contributed by atoms with Crippen LogP contribution in [-0.4, -0.2) is 49.2 Å². The molecule has 36 heavy (non-hydrogen) atoms. The number of hydrogen-bond donors (Lipinski definition) is 2. The molecular formula is C26H32N8OS. The van der Waals surface area contributed by atoms with Gasteiger partial charge < -0.3 is 15.4 Å². The van der Waals surface area contributed by atoms with Crippen molar-refractivity contribution in [2.45, 2.75) is 39.2 Å². The number of benzene rings is 1. The molecule has 9 nitrogen and oxygen atoms in total. The summed E-state index contributed by atoms with van der Waals surface area (Å²) < 4.78 is 12.1. The number of hydrogen-bond acceptors (Lipinski definition) is 9. The van der Waals surface area contributed by atoms with Gasteiger partial charge in [0.2, 0.25) is 0 Å². The van der Waals surface area contributed by atoms with E-state index in [4.69, 9.17) is 4.74 Å². The van der Waals surface area contributed by atoms with Crippen LogP contribution >= 0.6 is 11.5 Å². The van der Waals surface area contributed by atoms with Crippen LogP contribution in [0, 0.1) is 0 Å². The minimum atomic E-state index is 0.622. The summed E-state index contributed by atoms with van der Waals surface area (Å²) in [6.07, 6.45) is 8.13. The number of para-hydroxylation sites is 1. The molecule has 1 fully saturated rings. The minimum Gasteiger partial charge on any atom is -0.494 e. The Morgan fingerprint density at radius 1 is 1.06 bits per heavy atom. The van der Waals surface area contributed by atoms with Crippen LogP contribution < -0.4 is 15.4 Å². The number of aromatic nitrogens is 5. The van der Waals surface area contributed by atoms with Crippen molar-refractivity contribution in [2.24, 2.45) is 7.05 Å². The molecule has 10 heteroatoms. The summed E-state index contributed by atoms with van der Waals surface area (Å²) in [7, 11) is 3.52. The van der Waals surface area contributed by atoms with Gasteiger partial charge in [0.15, 0.2) is 11.6 Å². The lowest BCUT2D eigenvalue weighted by atomic mass is 10.1. The molecule has 0 atom stereocenters. The monoisotopic (exact) mass is 504 g/mol. The maximum absolute atomic E-state index is 5.80. The molecule has 0 amide bonds. The fraction of sp³-hybridized carbons (Fsp3) is 0.385. The normalized spacial score (nSPS) is 13.8. The number of rotatable bonds is 10. The van der Waals surface area contributed by atoms with Crippen molar-refractivity contribution < 1.29 is 4.74 Å². The van der Waals surface area contributed by atoms with Crippen molar-refractivity contribution >= 4 is 34.5 Å². The summed E-state index contributed by atoms with van der Waals surface area (Å²) in [6, 6.07) is 10.1. The third-order valence-electron chi connectivity index (χ3n) is 6.23. The first kappa shape index (κ1) is 24.2. The summed E-state index contributed by atoms with van der Waals surface area (Å²) in [5, 5.41) is 11.4. The molecule has 0 saturated carbocycles. The van der Waals surface area contributed by atoms with Crippen LogP contribution in [0.15, 0.2) is 42.9 Å². The number of likely N-dealkylation sites (tertiary alicyclic amines) is 1. The molecule has 0 radical (unpaired) electrons. The molecule has 2 N–H and O–H groups in total. The van der Waals surface area contributed by atoms with E-state index in [1.807, 2.05) is 37.5 Å². The molecule has 0 aliphatic carbocycles. The van der Waals surface area contributed by atoms with Gasteiger partial charge in [-0.25, -0.2) is 9.97 Å². The van der Waals surface area contributed by atoms with Gasteiger partial charge in [0.25, 0.3) is 0 Å². The Morgan fingerprint density at radius 2 is 1.92 bits per heavy atom. The molecule has 4 heterocycles. The first-order chi connectivity index (χ1) is 17.6. The lowest BCUT2D eigenvalue weighted by Gasteiger charge is -2.17. The fourth-order valence-corrected chi connectivity index (χ4v) is 5.23. The maximum atomic E-state index is 5.80. The highest BCUT2D eigenvalue weighted by molar-refractivity contribution is 7.06. The van der Waals surface area contributed by atoms with E-state index < -0.39 is 0 Å². The van der Waals surface area contributed by atoms with Crippen molar-refractivity contribution in [3.8, 4) is 17.1 Å². The van der Waals surface area contributed by atoms with E-state index in [1.54, 1.807) is 29.7 Å². The molecule has 1 aliphatic rings. The maximum Gasteiger partial charge on any atom is 0.184 e. The number of ether oxygens (including phenoxy) is 1. The van der Waals surface area contributed by atoms with Gasteiger partial charge in [-0.05, 0) is 67.6 Å². The van der Waals surface area contributed by atoms with Gasteiger partial charge in [-0.3, -0.25) is 9.58 Å². The number of nitrogens with one attached hydrogen (secondary N) is 2. The summed E-state index contributed by atoms with van der Waals surface area (Å²) in [6.45, 7) is 5.49. The highest BCUT2D eigenvalue weighted by Gasteiger charge is 2.17. The fourth-order valence-electron chi connectivity index (χ4n) is 4.51. The summed E-state index contributed by atoms with van der Waals surface area (Å²) >= 11 is 1.55. The van der Waals surface area contributed by atoms with E-state index >= 15 is 0 Å². The van der Waals surface area contributed by atoms with E-state index in [1.165, 1.54) is 30.8 Å². The number of anilines is 4. The van der Waals surface area contributed by atoms with Gasteiger partial charge >= 0.3 is 0 Å². The Hall–Kier alpha value is -3.50. The molecule has 5 rings (SSSR count). The molecule has 1 aliphatic heterocycles. The Bertz CT molecular complexity index is 1310. The van der Waals surface area contributed by atoms with Crippen LogP contribution in [0.1, 0.15) is 36.6 Å². The lowest BCUT2D eigenvalue weighted by molar-refractivity contribution is 0.334. The van der Waals surface area contributed by atoms with Crippen LogP contribution in [-0.2, 0) is 20.0 Å². The van der Waals surface area contributed by atoms with E-state index in [-0.39, 0.29) is 0 Å². The number of aryl methyl sites for hydroxylation is 2. The second-order valence-corrected chi connectivity index (χ2v) is 9.91. The molecule has 4 aromatic rings. The Morgan fingerprint density at radius 3 is 2.67 bits per heavy atom. The molecular weight excluding hydrogens is 472 g/mol. The average molecular weight is 505 g/mol. The van der Waals surface area contributed by atoms with E-state index in [2.05, 4.69) is 48.0 Å². The zero-order valence-electron chi connectivity index (χ0n) is 21.0. The van der Waals surface area contributed by atoms with Crippen molar-refractivity contribution in [1.82, 2.24) is 29.0 Å². The van der Waals surface area contributed by atoms with Gasteiger partial charge in [-0.15, -0.1) is 0 Å². The smallest absolute Gasteiger partial charge is 0.184 e. The predicted octanol–water partition coefficient (Wildman–Crippen LogP) is 5.38. The quantitative estimate of drug-likeness (QED) is 0.297. The molecule has 1 saturated heterocycles. The molecule has 0 unspecified atom stereocenters. The second kappa shape index (κ2) is 11.0. The Balaban J connectivity index is 1.39. The molecule has 188 valence electrons. The summed E-state index contributed by atoms with van der Waals surface area (Å²) in [4.78, 5) is 12.8. The van der Waals surface area contributed by atoms with Gasteiger partial charge in [0.05, 0.1) is 18.4 Å². The number of methoxy groups -OCH3 is 1. The molecule has 0 bridgehead atoms. The van der Waals surface area contributed by atoms with Crippen LogP contribution in [0.25, 0.3) is 11.4 Å². The largest absolute Gasteiger partial charge is 0.494 e. The van der Waals surface area contributed by atoms with Crippen molar-refractivity contribution in [3.63, 3.8) is 0 Å². The first-order valence-corrected chi connectivity index (χ1v) is 13.1. The van der Waals surface area contributed by atoms with Gasteiger partial charge in [-0.2, -0.15) is 9.47 Å². The number of pyridine rings is 1. The third-order valence-corrected chi connectivity index (χ3v) is 7.00. The third kappa shape index (κ3) is 5.50. The van der Waals surface area contributed by atoms with Crippen molar-refractivity contribution in [1.29, 1.82) is 0 Å². The van der Waals surface area contributed by atoms with Crippen LogP contribution in [0.5, 0.6) is 5.75 Å². The van der Waals surface area contributed by atoms with Crippen LogP contribution in [0.2, 0.25) is 0 Å². The topological polar surface area (TPSA) is 93.0 Å². The number of nitrogens with zero attached hydrogens (tertiary/aromatic N) is 6. The zero-order chi connectivity index (χ0) is 24.9. The SMILES string of the molecule is CCCc1cnc(Nc2cc(CN3CCCC3)sn2)cc1Nc1cccc(-c2ncn(C)n2)c1OC. The van der Waals surface area contributed by atoms with E-state index in [0.717, 1.165) is 53.5 Å². The molecule has 1 aromatic carbocycles. The van der Waals surface area contributed by atoms with Crippen molar-refractivity contribution in [2.75, 3.05) is 30.8 Å². The Labute approximate surface area is 215 Å². The van der Waals surface area contributed by atoms with E-state index in [0.29, 0.717) is 11.6 Å². The lowest BCUT2D eigenvalue weighted by Crippen LogP contribution is -2.17. The van der Waals surface area contributed by atoms with E-state index in [9.17, 15) is 0 Å².